The standard InChI is InChI=1S/C36H58NO3/c1-6-8-9-10-11-12-13-14-15-16-17-19-23-32-26-28-34(29-27-32)39-35(22-7-2)40-36(38)31(3)37(4,5)30-33-24-20-18-21-25-33/h18,20-21,24-29,31,35H,6-17,19,22-23,30H2,1-5H3/q+1. The first kappa shape index (κ1) is 33.9. The van der Waals surface area contributed by atoms with Gasteiger partial charge in [0.05, 0.1) is 14.1 Å². The zero-order chi connectivity index (χ0) is 29.1. The maximum absolute atomic E-state index is 13.1. The van der Waals surface area contributed by atoms with Gasteiger partial charge in [-0.15, -0.1) is 0 Å². The van der Waals surface area contributed by atoms with Crippen LogP contribution in [-0.4, -0.2) is 36.9 Å². The largest absolute Gasteiger partial charge is 0.455 e. The Kier molecular flexibility index (Phi) is 16.7. The molecule has 0 aliphatic carbocycles. The number of rotatable bonds is 22. The van der Waals surface area contributed by atoms with Crippen LogP contribution in [-0.2, 0) is 22.5 Å². The van der Waals surface area contributed by atoms with Crippen molar-refractivity contribution >= 4 is 5.97 Å². The van der Waals surface area contributed by atoms with Crippen molar-refractivity contribution in [1.82, 2.24) is 0 Å². The fourth-order valence-electron chi connectivity index (χ4n) is 5.14. The lowest BCUT2D eigenvalue weighted by Crippen LogP contribution is -2.52. The minimum Gasteiger partial charge on any atom is -0.455 e. The average Bonchev–Trinajstić information content (AvgIpc) is 2.94. The van der Waals surface area contributed by atoms with Crippen molar-refractivity contribution in [3.8, 4) is 5.75 Å². The van der Waals surface area contributed by atoms with Crippen LogP contribution in [0.1, 0.15) is 122 Å². The average molecular weight is 553 g/mol. The predicted octanol–water partition coefficient (Wildman–Crippen LogP) is 9.64. The van der Waals surface area contributed by atoms with E-state index >= 15 is 0 Å². The van der Waals surface area contributed by atoms with Crippen LogP contribution in [0.25, 0.3) is 0 Å². The molecule has 2 atom stereocenters. The third-order valence-electron chi connectivity index (χ3n) is 8.10. The Labute approximate surface area is 246 Å². The number of likely N-dealkylation sites (N-methyl/N-ethyl adjacent to an activating group) is 1. The Morgan fingerprint density at radius 2 is 1.25 bits per heavy atom. The van der Waals surface area contributed by atoms with Crippen molar-refractivity contribution in [3.05, 3.63) is 65.7 Å². The molecule has 2 aromatic carbocycles. The first-order chi connectivity index (χ1) is 19.4. The van der Waals surface area contributed by atoms with Crippen molar-refractivity contribution in [3.63, 3.8) is 0 Å². The van der Waals surface area contributed by atoms with Gasteiger partial charge in [0.15, 0.2) is 6.04 Å². The van der Waals surface area contributed by atoms with E-state index in [1.165, 1.54) is 88.2 Å². The molecule has 4 heteroatoms. The number of nitrogens with zero attached hydrogens (tertiary/aromatic N) is 1. The zero-order valence-corrected chi connectivity index (χ0v) is 26.3. The fraction of sp³-hybridized carbons (Fsp3) is 0.639. The normalized spacial score (nSPS) is 13.1. The van der Waals surface area contributed by atoms with Gasteiger partial charge in [-0.05, 0) is 43.9 Å². The number of carbonyl (C=O) groups is 1. The molecule has 0 aliphatic heterocycles. The summed E-state index contributed by atoms with van der Waals surface area (Å²) in [5.74, 6) is 0.540. The molecular formula is C36H58NO3+. The number of benzene rings is 2. The van der Waals surface area contributed by atoms with E-state index in [1.807, 2.05) is 37.3 Å². The highest BCUT2D eigenvalue weighted by molar-refractivity contribution is 5.74. The highest BCUT2D eigenvalue weighted by Gasteiger charge is 2.34. The summed E-state index contributed by atoms with van der Waals surface area (Å²) in [4.78, 5) is 13.1. The fourth-order valence-corrected chi connectivity index (χ4v) is 5.14. The molecule has 0 heterocycles. The second kappa shape index (κ2) is 19.7. The van der Waals surface area contributed by atoms with Crippen molar-refractivity contribution in [2.45, 2.75) is 136 Å². The van der Waals surface area contributed by atoms with Crippen LogP contribution in [0.4, 0.5) is 0 Å². The molecule has 224 valence electrons. The first-order valence-electron chi connectivity index (χ1n) is 16.2. The lowest BCUT2D eigenvalue weighted by atomic mass is 10.0. The summed E-state index contributed by atoms with van der Waals surface area (Å²) in [6, 6.07) is 18.3. The molecule has 0 fully saturated rings. The molecule has 2 rings (SSSR count). The van der Waals surface area contributed by atoms with Gasteiger partial charge in [-0.1, -0.05) is 127 Å². The minimum absolute atomic E-state index is 0.219. The van der Waals surface area contributed by atoms with Crippen LogP contribution in [0.15, 0.2) is 54.6 Å². The van der Waals surface area contributed by atoms with E-state index in [4.69, 9.17) is 9.47 Å². The Morgan fingerprint density at radius 3 is 1.80 bits per heavy atom. The number of esters is 1. The maximum Gasteiger partial charge on any atom is 0.367 e. The summed E-state index contributed by atoms with van der Waals surface area (Å²) in [6.45, 7) is 7.07. The van der Waals surface area contributed by atoms with E-state index in [1.54, 1.807) is 0 Å². The SMILES string of the molecule is CCCCCCCCCCCCCCc1ccc(OC(CCC)OC(=O)C(C)[N+](C)(C)Cc2ccccc2)cc1. The predicted molar refractivity (Wildman–Crippen MR) is 168 cm³/mol. The van der Waals surface area contributed by atoms with E-state index in [-0.39, 0.29) is 12.0 Å². The van der Waals surface area contributed by atoms with Gasteiger partial charge in [0, 0.05) is 12.0 Å². The molecule has 0 aliphatic rings. The van der Waals surface area contributed by atoms with Gasteiger partial charge in [0.1, 0.15) is 12.3 Å². The van der Waals surface area contributed by atoms with E-state index in [0.717, 1.165) is 25.1 Å². The molecular weight excluding hydrogens is 494 g/mol. The molecule has 0 amide bonds. The van der Waals surface area contributed by atoms with Gasteiger partial charge in [-0.3, -0.25) is 0 Å². The second-order valence-electron chi connectivity index (χ2n) is 12.2. The van der Waals surface area contributed by atoms with E-state index in [2.05, 4.69) is 52.2 Å². The van der Waals surface area contributed by atoms with Gasteiger partial charge in [-0.25, -0.2) is 4.79 Å². The smallest absolute Gasteiger partial charge is 0.367 e. The quantitative estimate of drug-likeness (QED) is 0.0631. The summed E-state index contributed by atoms with van der Waals surface area (Å²) in [5.41, 5.74) is 2.55. The van der Waals surface area contributed by atoms with E-state index in [0.29, 0.717) is 10.9 Å². The summed E-state index contributed by atoms with van der Waals surface area (Å²) in [6.07, 6.45) is 18.6. The summed E-state index contributed by atoms with van der Waals surface area (Å²) < 4.78 is 12.5. The Morgan fingerprint density at radius 1 is 0.700 bits per heavy atom. The van der Waals surface area contributed by atoms with Gasteiger partial charge in [0.25, 0.3) is 0 Å². The lowest BCUT2D eigenvalue weighted by Gasteiger charge is -2.35. The number of ether oxygens (including phenoxy) is 2. The van der Waals surface area contributed by atoms with Crippen LogP contribution in [0, 0.1) is 0 Å². The molecule has 0 aromatic heterocycles. The number of hydrogen-bond donors (Lipinski definition) is 0. The second-order valence-corrected chi connectivity index (χ2v) is 12.2. The highest BCUT2D eigenvalue weighted by Crippen LogP contribution is 2.21. The Balaban J connectivity index is 1.69. The van der Waals surface area contributed by atoms with Crippen molar-refractivity contribution < 1.29 is 18.8 Å². The van der Waals surface area contributed by atoms with E-state index < -0.39 is 6.29 Å². The monoisotopic (exact) mass is 552 g/mol. The van der Waals surface area contributed by atoms with Crippen molar-refractivity contribution in [2.24, 2.45) is 0 Å². The number of hydrogen-bond acceptors (Lipinski definition) is 3. The third-order valence-corrected chi connectivity index (χ3v) is 8.10. The van der Waals surface area contributed by atoms with Gasteiger partial charge in [0.2, 0.25) is 6.29 Å². The number of aryl methyl sites for hydroxylation is 1. The number of unbranched alkanes of at least 4 members (excludes halogenated alkanes) is 11. The molecule has 0 saturated carbocycles. The van der Waals surface area contributed by atoms with Crippen LogP contribution in [0.5, 0.6) is 5.75 Å². The summed E-state index contributed by atoms with van der Waals surface area (Å²) in [7, 11) is 4.15. The zero-order valence-electron chi connectivity index (χ0n) is 26.3. The van der Waals surface area contributed by atoms with Crippen LogP contribution in [0.2, 0.25) is 0 Å². The molecule has 2 aromatic rings. The number of carbonyl (C=O) groups excluding carboxylic acids is 1. The van der Waals surface area contributed by atoms with Crippen LogP contribution >= 0.6 is 0 Å². The molecule has 2 unspecified atom stereocenters. The molecule has 0 saturated heterocycles. The maximum atomic E-state index is 13.1. The minimum atomic E-state index is -0.570. The summed E-state index contributed by atoms with van der Waals surface area (Å²) in [5, 5.41) is 0. The molecule has 0 spiro atoms. The van der Waals surface area contributed by atoms with Crippen LogP contribution in [0.3, 0.4) is 0 Å². The molecule has 0 N–H and O–H groups in total. The highest BCUT2D eigenvalue weighted by atomic mass is 16.7. The molecule has 40 heavy (non-hydrogen) atoms. The van der Waals surface area contributed by atoms with Crippen molar-refractivity contribution in [2.75, 3.05) is 14.1 Å². The van der Waals surface area contributed by atoms with E-state index in [9.17, 15) is 4.79 Å². The third kappa shape index (κ3) is 13.8. The topological polar surface area (TPSA) is 35.5 Å². The van der Waals surface area contributed by atoms with Gasteiger partial charge < -0.3 is 14.0 Å². The van der Waals surface area contributed by atoms with Gasteiger partial charge >= 0.3 is 5.97 Å². The molecule has 0 radical (unpaired) electrons. The van der Waals surface area contributed by atoms with Crippen molar-refractivity contribution in [1.29, 1.82) is 0 Å². The van der Waals surface area contributed by atoms with Crippen LogP contribution < -0.4 is 4.74 Å². The van der Waals surface area contributed by atoms with Gasteiger partial charge in [-0.2, -0.15) is 0 Å². The number of quaternary nitrogens is 1. The first-order valence-corrected chi connectivity index (χ1v) is 16.2. The Bertz CT molecular complexity index is 909. The molecule has 4 nitrogen and oxygen atoms in total. The lowest BCUT2D eigenvalue weighted by molar-refractivity contribution is -0.917. The summed E-state index contributed by atoms with van der Waals surface area (Å²) >= 11 is 0. The molecule has 0 bridgehead atoms. The Hall–Kier alpha value is -2.33.